The Bertz CT molecular complexity index is 604. The average molecular weight is 308 g/mol. The number of nitrogens with two attached hydrogens (primary N) is 1. The number of para-hydroxylation sites is 1. The second-order valence-electron chi connectivity index (χ2n) is 4.55. The van der Waals surface area contributed by atoms with Crippen molar-refractivity contribution < 1.29 is 14.6 Å². The van der Waals surface area contributed by atoms with Gasteiger partial charge < -0.3 is 20.3 Å². The average Bonchev–Trinajstić information content (AvgIpc) is 2.47. The molecule has 0 saturated carbocycles. The molecular weight excluding hydrogens is 290 g/mol. The van der Waals surface area contributed by atoms with E-state index >= 15 is 0 Å². The lowest BCUT2D eigenvalue weighted by atomic mass is 9.99. The minimum atomic E-state index is -0.874. The van der Waals surface area contributed by atoms with E-state index in [1.807, 2.05) is 12.1 Å². The number of anilines is 1. The van der Waals surface area contributed by atoms with Crippen LogP contribution >= 0.6 is 11.6 Å². The van der Waals surface area contributed by atoms with Crippen molar-refractivity contribution in [2.24, 2.45) is 0 Å². The van der Waals surface area contributed by atoms with Gasteiger partial charge in [-0.15, -0.1) is 0 Å². The molecule has 0 spiro atoms. The maximum Gasteiger partial charge on any atom is 0.125 e. The zero-order chi connectivity index (χ0) is 15.2. The Kier molecular flexibility index (Phi) is 5.44. The molecule has 5 heteroatoms. The van der Waals surface area contributed by atoms with Gasteiger partial charge in [-0.2, -0.15) is 0 Å². The van der Waals surface area contributed by atoms with Crippen LogP contribution in [0.4, 0.5) is 5.69 Å². The molecule has 2 rings (SSSR count). The van der Waals surface area contributed by atoms with Crippen LogP contribution in [0.1, 0.15) is 17.2 Å². The van der Waals surface area contributed by atoms with Crippen molar-refractivity contribution >= 4 is 17.3 Å². The number of aliphatic hydroxyl groups is 1. The molecule has 2 aromatic carbocycles. The van der Waals surface area contributed by atoms with Crippen LogP contribution in [-0.2, 0) is 4.74 Å². The molecule has 0 aromatic heterocycles. The second kappa shape index (κ2) is 7.31. The van der Waals surface area contributed by atoms with E-state index in [1.165, 1.54) is 0 Å². The molecule has 0 aliphatic carbocycles. The molecule has 4 nitrogen and oxygen atoms in total. The fraction of sp³-hybridized carbons (Fsp3) is 0.250. The molecule has 0 fully saturated rings. The molecule has 0 aliphatic heterocycles. The van der Waals surface area contributed by atoms with Crippen molar-refractivity contribution in [3.63, 3.8) is 0 Å². The van der Waals surface area contributed by atoms with Gasteiger partial charge >= 0.3 is 0 Å². The van der Waals surface area contributed by atoms with Gasteiger partial charge in [-0.3, -0.25) is 0 Å². The van der Waals surface area contributed by atoms with Crippen LogP contribution in [0, 0.1) is 0 Å². The maximum absolute atomic E-state index is 10.6. The summed E-state index contributed by atoms with van der Waals surface area (Å²) < 4.78 is 10.6. The molecule has 21 heavy (non-hydrogen) atoms. The molecule has 0 aliphatic rings. The first-order valence-electron chi connectivity index (χ1n) is 6.57. The zero-order valence-corrected chi connectivity index (χ0v) is 12.5. The first-order chi connectivity index (χ1) is 10.1. The number of methoxy groups -OCH3 is 1. The van der Waals surface area contributed by atoms with Crippen LogP contribution in [0.2, 0.25) is 5.02 Å². The first-order valence-corrected chi connectivity index (χ1v) is 6.95. The molecule has 112 valence electrons. The largest absolute Gasteiger partial charge is 0.491 e. The Hall–Kier alpha value is -1.75. The minimum absolute atomic E-state index is 0.413. The summed E-state index contributed by atoms with van der Waals surface area (Å²) in [6.07, 6.45) is -0.874. The van der Waals surface area contributed by atoms with Crippen LogP contribution in [0.5, 0.6) is 5.75 Å². The quantitative estimate of drug-likeness (QED) is 0.636. The molecule has 0 amide bonds. The highest BCUT2D eigenvalue weighted by molar-refractivity contribution is 6.30. The summed E-state index contributed by atoms with van der Waals surface area (Å²) in [6.45, 7) is 0.893. The summed E-state index contributed by atoms with van der Waals surface area (Å²) in [4.78, 5) is 0. The summed E-state index contributed by atoms with van der Waals surface area (Å²) in [7, 11) is 1.61. The van der Waals surface area contributed by atoms with E-state index in [1.54, 1.807) is 37.4 Å². The SMILES string of the molecule is COCCOc1ccccc1C(O)c1ccc(Cl)cc1N. The van der Waals surface area contributed by atoms with Gasteiger partial charge in [0.15, 0.2) is 0 Å². The van der Waals surface area contributed by atoms with Crippen molar-refractivity contribution in [1.29, 1.82) is 0 Å². The summed E-state index contributed by atoms with van der Waals surface area (Å²) in [5, 5.41) is 11.1. The van der Waals surface area contributed by atoms with Crippen molar-refractivity contribution in [1.82, 2.24) is 0 Å². The molecule has 0 heterocycles. The number of nitrogen functional groups attached to an aromatic ring is 1. The van der Waals surface area contributed by atoms with Gasteiger partial charge in [-0.05, 0) is 18.2 Å². The van der Waals surface area contributed by atoms with Gasteiger partial charge in [0.1, 0.15) is 18.5 Å². The molecule has 0 saturated heterocycles. The number of benzene rings is 2. The molecular formula is C16H18ClNO3. The lowest BCUT2D eigenvalue weighted by Gasteiger charge is -2.18. The van der Waals surface area contributed by atoms with E-state index in [0.29, 0.717) is 40.8 Å². The lowest BCUT2D eigenvalue weighted by molar-refractivity contribution is 0.142. The molecule has 1 unspecified atom stereocenters. The molecule has 2 aromatic rings. The van der Waals surface area contributed by atoms with E-state index in [2.05, 4.69) is 0 Å². The van der Waals surface area contributed by atoms with Gasteiger partial charge in [0.2, 0.25) is 0 Å². The summed E-state index contributed by atoms with van der Waals surface area (Å²) >= 11 is 5.88. The first kappa shape index (κ1) is 15.6. The Morgan fingerprint density at radius 1 is 1.14 bits per heavy atom. The number of halogens is 1. The van der Waals surface area contributed by atoms with Crippen LogP contribution in [0.3, 0.4) is 0 Å². The fourth-order valence-corrected chi connectivity index (χ4v) is 2.22. The highest BCUT2D eigenvalue weighted by Gasteiger charge is 2.17. The molecule has 0 radical (unpaired) electrons. The number of ether oxygens (including phenoxy) is 2. The van der Waals surface area contributed by atoms with Crippen LogP contribution in [0.25, 0.3) is 0 Å². The number of hydrogen-bond acceptors (Lipinski definition) is 4. The topological polar surface area (TPSA) is 64.7 Å². The third kappa shape index (κ3) is 3.88. The van der Waals surface area contributed by atoms with Gasteiger partial charge in [0.05, 0.1) is 6.61 Å². The Morgan fingerprint density at radius 2 is 1.90 bits per heavy atom. The van der Waals surface area contributed by atoms with Gasteiger partial charge in [-0.1, -0.05) is 35.9 Å². The van der Waals surface area contributed by atoms with E-state index in [4.69, 9.17) is 26.8 Å². The highest BCUT2D eigenvalue weighted by atomic mass is 35.5. The normalized spacial score (nSPS) is 12.1. The Morgan fingerprint density at radius 3 is 2.62 bits per heavy atom. The smallest absolute Gasteiger partial charge is 0.125 e. The van der Waals surface area contributed by atoms with Gasteiger partial charge in [-0.25, -0.2) is 0 Å². The standard InChI is InChI=1S/C16H18ClNO3/c1-20-8-9-21-15-5-3-2-4-13(15)16(19)12-7-6-11(17)10-14(12)18/h2-7,10,16,19H,8-9,18H2,1H3. The van der Waals surface area contributed by atoms with Gasteiger partial charge in [0, 0.05) is 28.9 Å². The van der Waals surface area contributed by atoms with Crippen molar-refractivity contribution in [2.45, 2.75) is 6.10 Å². The van der Waals surface area contributed by atoms with Gasteiger partial charge in [0.25, 0.3) is 0 Å². The lowest BCUT2D eigenvalue weighted by Crippen LogP contribution is -2.09. The minimum Gasteiger partial charge on any atom is -0.491 e. The maximum atomic E-state index is 10.6. The van der Waals surface area contributed by atoms with E-state index in [0.717, 1.165) is 0 Å². The fourth-order valence-electron chi connectivity index (χ4n) is 2.03. The predicted molar refractivity (Wildman–Crippen MR) is 83.7 cm³/mol. The van der Waals surface area contributed by atoms with Crippen LogP contribution in [0.15, 0.2) is 42.5 Å². The molecule has 0 bridgehead atoms. The second-order valence-corrected chi connectivity index (χ2v) is 4.99. The monoisotopic (exact) mass is 307 g/mol. The molecule has 1 atom stereocenters. The van der Waals surface area contributed by atoms with Crippen LogP contribution < -0.4 is 10.5 Å². The molecule has 3 N–H and O–H groups in total. The van der Waals surface area contributed by atoms with E-state index in [-0.39, 0.29) is 0 Å². The zero-order valence-electron chi connectivity index (χ0n) is 11.8. The summed E-state index contributed by atoms with van der Waals surface area (Å²) in [6, 6.07) is 12.3. The van der Waals surface area contributed by atoms with Crippen molar-refractivity contribution in [3.05, 3.63) is 58.6 Å². The van der Waals surface area contributed by atoms with E-state index < -0.39 is 6.10 Å². The summed E-state index contributed by atoms with van der Waals surface area (Å²) in [5.41, 5.74) is 7.63. The van der Waals surface area contributed by atoms with Crippen molar-refractivity contribution in [3.8, 4) is 5.75 Å². The Balaban J connectivity index is 2.27. The van der Waals surface area contributed by atoms with E-state index in [9.17, 15) is 5.11 Å². The number of hydrogen-bond donors (Lipinski definition) is 2. The highest BCUT2D eigenvalue weighted by Crippen LogP contribution is 2.33. The Labute approximate surface area is 129 Å². The summed E-state index contributed by atoms with van der Waals surface area (Å²) in [5.74, 6) is 0.608. The number of rotatable bonds is 6. The third-order valence-corrected chi connectivity index (χ3v) is 3.34. The van der Waals surface area contributed by atoms with Crippen LogP contribution in [-0.4, -0.2) is 25.4 Å². The third-order valence-electron chi connectivity index (χ3n) is 3.10. The van der Waals surface area contributed by atoms with Crippen molar-refractivity contribution in [2.75, 3.05) is 26.1 Å². The number of aliphatic hydroxyl groups excluding tert-OH is 1. The predicted octanol–water partition coefficient (Wildman–Crippen LogP) is 3.03.